The van der Waals surface area contributed by atoms with Gasteiger partial charge in [-0.2, -0.15) is 5.48 Å². The molecule has 1 aromatic carbocycles. The van der Waals surface area contributed by atoms with Crippen LogP contribution in [0.5, 0.6) is 0 Å². The van der Waals surface area contributed by atoms with Crippen molar-refractivity contribution >= 4 is 17.2 Å². The van der Waals surface area contributed by atoms with Crippen LogP contribution in [0.4, 0.5) is 0 Å². The van der Waals surface area contributed by atoms with E-state index in [0.29, 0.717) is 6.61 Å². The molecule has 0 unspecified atom stereocenters. The third-order valence-corrected chi connectivity index (χ3v) is 5.59. The summed E-state index contributed by atoms with van der Waals surface area (Å²) in [5.41, 5.74) is 5.33. The van der Waals surface area contributed by atoms with E-state index in [0.717, 1.165) is 35.4 Å². The fourth-order valence-corrected chi connectivity index (χ4v) is 4.09. The minimum Gasteiger partial charge on any atom is -0.382 e. The molecule has 2 aromatic rings. The number of pyridine rings is 1. The highest BCUT2D eigenvalue weighted by Crippen LogP contribution is 2.40. The van der Waals surface area contributed by atoms with Crippen LogP contribution in [-0.4, -0.2) is 23.1 Å². The van der Waals surface area contributed by atoms with E-state index >= 15 is 0 Å². The average molecular weight is 356 g/mol. The summed E-state index contributed by atoms with van der Waals surface area (Å²) in [4.78, 5) is 11.0. The van der Waals surface area contributed by atoms with E-state index in [1.54, 1.807) is 6.20 Å². The quantitative estimate of drug-likeness (QED) is 0.613. The first-order chi connectivity index (χ1) is 12.3. The maximum atomic E-state index is 5.87. The van der Waals surface area contributed by atoms with Crippen LogP contribution in [0.1, 0.15) is 36.8 Å². The number of hydrogen-bond donors (Lipinski definition) is 2. The topological polar surface area (TPSA) is 46.2 Å². The van der Waals surface area contributed by atoms with Crippen LogP contribution < -0.4 is 10.8 Å². The Morgan fingerprint density at radius 2 is 2.08 bits per heavy atom. The number of hydrogen-bond acceptors (Lipinski definition) is 4. The summed E-state index contributed by atoms with van der Waals surface area (Å²) >= 11 is 5.76. The van der Waals surface area contributed by atoms with Gasteiger partial charge in [-0.25, -0.2) is 0 Å². The van der Waals surface area contributed by atoms with E-state index in [1.807, 2.05) is 37.5 Å². The summed E-state index contributed by atoms with van der Waals surface area (Å²) in [6, 6.07) is 14.4. The first-order valence-electron chi connectivity index (χ1n) is 8.81. The third-order valence-electron chi connectivity index (χ3n) is 5.02. The summed E-state index contributed by atoms with van der Waals surface area (Å²) < 4.78 is 0. The van der Waals surface area contributed by atoms with Crippen molar-refractivity contribution in [2.45, 2.75) is 43.7 Å². The van der Waals surface area contributed by atoms with Crippen molar-refractivity contribution in [1.82, 2.24) is 15.8 Å². The molecule has 0 spiro atoms. The Bertz CT molecular complexity index is 680. The maximum absolute atomic E-state index is 5.87. The van der Waals surface area contributed by atoms with Crippen LogP contribution >= 0.6 is 12.2 Å². The van der Waals surface area contributed by atoms with Gasteiger partial charge in [0.15, 0.2) is 0 Å². The van der Waals surface area contributed by atoms with Crippen LogP contribution in [-0.2, 0) is 16.9 Å². The highest BCUT2D eigenvalue weighted by atomic mass is 32.1. The normalized spacial score (nSPS) is 23.2. The molecule has 0 saturated heterocycles. The van der Waals surface area contributed by atoms with E-state index in [1.165, 1.54) is 6.42 Å². The lowest BCUT2D eigenvalue weighted by Gasteiger charge is -2.44. The molecule has 0 aliphatic heterocycles. The first-order valence-corrected chi connectivity index (χ1v) is 9.22. The molecule has 0 radical (unpaired) electrons. The van der Waals surface area contributed by atoms with Gasteiger partial charge in [0.25, 0.3) is 0 Å². The molecule has 1 fully saturated rings. The van der Waals surface area contributed by atoms with Gasteiger partial charge in [0.2, 0.25) is 0 Å². The smallest absolute Gasteiger partial charge is 0.0933 e. The van der Waals surface area contributed by atoms with Gasteiger partial charge in [0.05, 0.1) is 17.0 Å². The van der Waals surface area contributed by atoms with Crippen molar-refractivity contribution in [2.24, 2.45) is 0 Å². The van der Waals surface area contributed by atoms with Gasteiger partial charge in [-0.3, -0.25) is 9.82 Å². The Morgan fingerprint density at radius 1 is 1.24 bits per heavy atom. The lowest BCUT2D eigenvalue weighted by Crippen LogP contribution is -2.57. The van der Waals surface area contributed by atoms with Gasteiger partial charge in [0.1, 0.15) is 0 Å². The molecule has 1 heterocycles. The summed E-state index contributed by atoms with van der Waals surface area (Å²) in [6.45, 7) is 0.534. The summed E-state index contributed by atoms with van der Waals surface area (Å²) in [7, 11) is 1.90. The molecular formula is C20H25N3OS. The fraction of sp³-hybridized carbons (Fsp3) is 0.400. The Morgan fingerprint density at radius 3 is 2.80 bits per heavy atom. The van der Waals surface area contributed by atoms with Gasteiger partial charge in [0, 0.05) is 25.5 Å². The first kappa shape index (κ1) is 18.0. The third kappa shape index (κ3) is 3.89. The second-order valence-corrected chi connectivity index (χ2v) is 6.89. The Hall–Kier alpha value is -1.82. The van der Waals surface area contributed by atoms with Gasteiger partial charge in [-0.05, 0) is 30.0 Å². The molecule has 1 aliphatic rings. The minimum atomic E-state index is -0.284. The molecule has 1 aromatic heterocycles. The Kier molecular flexibility index (Phi) is 6.13. The largest absolute Gasteiger partial charge is 0.382 e. The van der Waals surface area contributed by atoms with Gasteiger partial charge >= 0.3 is 0 Å². The molecule has 132 valence electrons. The lowest BCUT2D eigenvalue weighted by molar-refractivity contribution is -0.0178. The van der Waals surface area contributed by atoms with Crippen molar-refractivity contribution in [3.05, 3.63) is 66.0 Å². The maximum Gasteiger partial charge on any atom is 0.0933 e. The van der Waals surface area contributed by atoms with E-state index in [4.69, 9.17) is 17.1 Å². The second-order valence-electron chi connectivity index (χ2n) is 6.48. The molecule has 0 bridgehead atoms. The number of thiocarbonyl (C=S) groups is 1. The van der Waals surface area contributed by atoms with Crippen molar-refractivity contribution in [3.8, 4) is 0 Å². The number of benzene rings is 1. The van der Waals surface area contributed by atoms with Crippen LogP contribution in [0.25, 0.3) is 0 Å². The number of rotatable bonds is 6. The summed E-state index contributed by atoms with van der Waals surface area (Å²) in [6.07, 6.45) is 8.06. The molecular weight excluding hydrogens is 330 g/mol. The van der Waals surface area contributed by atoms with E-state index in [-0.39, 0.29) is 11.5 Å². The van der Waals surface area contributed by atoms with Gasteiger partial charge in [-0.15, -0.1) is 0 Å². The Labute approximate surface area is 155 Å². The molecule has 25 heavy (non-hydrogen) atoms. The van der Waals surface area contributed by atoms with Crippen molar-refractivity contribution < 1.29 is 4.84 Å². The Balaban J connectivity index is 1.80. The standard InChI is InChI=1S/C20H25N3OS/c1-21-19(25)20(17-10-7-13-22-14-17)12-6-5-11-18(20)23-24-15-16-8-3-2-4-9-16/h2-4,7-10,13-14,18,23H,5-6,11-12,15H2,1H3,(H,21,25)/t18-,20+/m0/s1. The molecule has 1 aliphatic carbocycles. The van der Waals surface area contributed by atoms with Crippen LogP contribution in [0.3, 0.4) is 0 Å². The predicted molar refractivity (Wildman–Crippen MR) is 104 cm³/mol. The highest BCUT2D eigenvalue weighted by molar-refractivity contribution is 7.80. The van der Waals surface area contributed by atoms with Crippen molar-refractivity contribution in [1.29, 1.82) is 0 Å². The number of nitrogens with one attached hydrogen (secondary N) is 2. The monoisotopic (exact) mass is 355 g/mol. The van der Waals surface area contributed by atoms with Crippen LogP contribution in [0, 0.1) is 0 Å². The van der Waals surface area contributed by atoms with E-state index in [2.05, 4.69) is 34.0 Å². The number of likely N-dealkylation sites (N-methyl/N-ethyl adjacent to an activating group) is 1. The molecule has 0 amide bonds. The van der Waals surface area contributed by atoms with E-state index < -0.39 is 0 Å². The highest BCUT2D eigenvalue weighted by Gasteiger charge is 2.46. The average Bonchev–Trinajstić information content (AvgIpc) is 2.69. The zero-order valence-corrected chi connectivity index (χ0v) is 15.4. The molecule has 5 heteroatoms. The fourth-order valence-electron chi connectivity index (χ4n) is 3.73. The van der Waals surface area contributed by atoms with Crippen molar-refractivity contribution in [3.63, 3.8) is 0 Å². The second kappa shape index (κ2) is 8.52. The summed E-state index contributed by atoms with van der Waals surface area (Å²) in [5, 5.41) is 3.22. The number of nitrogens with zero attached hydrogens (tertiary/aromatic N) is 1. The zero-order chi connectivity index (χ0) is 17.5. The van der Waals surface area contributed by atoms with Crippen LogP contribution in [0.2, 0.25) is 0 Å². The minimum absolute atomic E-state index is 0.120. The van der Waals surface area contributed by atoms with Gasteiger partial charge < -0.3 is 5.32 Å². The number of hydroxylamine groups is 1. The number of aromatic nitrogens is 1. The van der Waals surface area contributed by atoms with Gasteiger partial charge in [-0.1, -0.05) is 61.5 Å². The SMILES string of the molecule is CNC(=S)[C@@]1(c2cccnc2)CCCC[C@@H]1NOCc1ccccc1. The molecule has 3 rings (SSSR count). The summed E-state index contributed by atoms with van der Waals surface area (Å²) in [5.74, 6) is 0. The molecule has 4 nitrogen and oxygen atoms in total. The molecule has 2 atom stereocenters. The lowest BCUT2D eigenvalue weighted by atomic mass is 9.66. The zero-order valence-electron chi connectivity index (χ0n) is 14.6. The molecule has 1 saturated carbocycles. The predicted octanol–water partition coefficient (Wildman–Crippen LogP) is 3.53. The van der Waals surface area contributed by atoms with Crippen molar-refractivity contribution in [2.75, 3.05) is 7.05 Å². The van der Waals surface area contributed by atoms with Crippen LogP contribution in [0.15, 0.2) is 54.9 Å². The molecule has 2 N–H and O–H groups in total. The van der Waals surface area contributed by atoms with E-state index in [9.17, 15) is 0 Å².